The molecule has 0 saturated carbocycles. The second-order valence-electron chi connectivity index (χ2n) is 2.92. The minimum atomic E-state index is 1.08. The molecule has 0 fully saturated rings. The number of nitrogens with zero attached hydrogens (tertiary/aromatic N) is 1. The lowest BCUT2D eigenvalue weighted by Crippen LogP contribution is -1.84. The van der Waals surface area contributed by atoms with E-state index in [4.69, 9.17) is 0 Å². The molecule has 66 valence electrons. The fourth-order valence-electron chi connectivity index (χ4n) is 1.45. The van der Waals surface area contributed by atoms with Gasteiger partial charge in [-0.3, -0.25) is 0 Å². The van der Waals surface area contributed by atoms with Crippen molar-refractivity contribution < 1.29 is 0 Å². The van der Waals surface area contributed by atoms with Crippen LogP contribution in [0.4, 0.5) is 0 Å². The molecule has 0 bridgehead atoms. The van der Waals surface area contributed by atoms with E-state index in [1.807, 2.05) is 6.20 Å². The molecule has 0 N–H and O–H groups in total. The molecule has 1 aromatic carbocycles. The molecule has 1 heterocycles. The fourth-order valence-corrected chi connectivity index (χ4v) is 1.98. The van der Waals surface area contributed by atoms with Crippen LogP contribution < -0.4 is 0 Å². The van der Waals surface area contributed by atoms with Crippen molar-refractivity contribution >= 4 is 11.5 Å². The molecule has 2 aromatic rings. The molecule has 0 amide bonds. The van der Waals surface area contributed by atoms with Crippen molar-refractivity contribution in [2.24, 2.45) is 0 Å². The molecule has 2 heteroatoms. The molecule has 2 rings (SSSR count). The van der Waals surface area contributed by atoms with Crippen LogP contribution in [0.5, 0.6) is 0 Å². The Bertz CT molecular complexity index is 379. The van der Waals surface area contributed by atoms with Gasteiger partial charge < -0.3 is 0 Å². The Morgan fingerprint density at radius 3 is 2.85 bits per heavy atom. The van der Waals surface area contributed by atoms with Crippen LogP contribution in [0, 0.1) is 0 Å². The molecular weight excluding hydrogens is 178 g/mol. The number of aryl methyl sites for hydroxylation is 1. The first-order valence-electron chi connectivity index (χ1n) is 4.39. The van der Waals surface area contributed by atoms with Crippen LogP contribution in [-0.2, 0) is 6.42 Å². The summed E-state index contributed by atoms with van der Waals surface area (Å²) in [7, 11) is 0. The van der Waals surface area contributed by atoms with Crippen molar-refractivity contribution in [1.29, 1.82) is 0 Å². The van der Waals surface area contributed by atoms with Crippen LogP contribution in [0.1, 0.15) is 12.5 Å². The van der Waals surface area contributed by atoms with Gasteiger partial charge in [-0.15, -0.1) is 0 Å². The summed E-state index contributed by atoms with van der Waals surface area (Å²) in [6.07, 6.45) is 3.01. The SMILES string of the molecule is CCc1ccccc1-c1cnsc1. The van der Waals surface area contributed by atoms with Gasteiger partial charge in [0.1, 0.15) is 0 Å². The average molecular weight is 189 g/mol. The largest absolute Gasteiger partial charge is 0.201 e. The average Bonchev–Trinajstić information content (AvgIpc) is 2.70. The number of benzene rings is 1. The van der Waals surface area contributed by atoms with Gasteiger partial charge in [-0.2, -0.15) is 0 Å². The highest BCUT2D eigenvalue weighted by molar-refractivity contribution is 7.03. The Balaban J connectivity index is 2.51. The van der Waals surface area contributed by atoms with Crippen LogP contribution in [0.15, 0.2) is 35.8 Å². The first-order chi connectivity index (χ1) is 6.42. The highest BCUT2D eigenvalue weighted by atomic mass is 32.1. The number of aromatic nitrogens is 1. The molecule has 0 spiro atoms. The summed E-state index contributed by atoms with van der Waals surface area (Å²) in [6.45, 7) is 2.18. The van der Waals surface area contributed by atoms with Crippen LogP contribution in [0.2, 0.25) is 0 Å². The van der Waals surface area contributed by atoms with E-state index in [-0.39, 0.29) is 0 Å². The van der Waals surface area contributed by atoms with E-state index < -0.39 is 0 Å². The summed E-state index contributed by atoms with van der Waals surface area (Å²) in [5.74, 6) is 0. The van der Waals surface area contributed by atoms with Gasteiger partial charge in [0.05, 0.1) is 0 Å². The summed E-state index contributed by atoms with van der Waals surface area (Å²) in [4.78, 5) is 0. The topological polar surface area (TPSA) is 12.9 Å². The molecule has 0 aliphatic heterocycles. The summed E-state index contributed by atoms with van der Waals surface area (Å²) in [5.41, 5.74) is 3.95. The van der Waals surface area contributed by atoms with Crippen LogP contribution in [0.3, 0.4) is 0 Å². The van der Waals surface area contributed by atoms with Gasteiger partial charge in [-0.25, -0.2) is 4.37 Å². The molecule has 1 nitrogen and oxygen atoms in total. The molecule has 0 saturated heterocycles. The van der Waals surface area contributed by atoms with Gasteiger partial charge in [0, 0.05) is 17.1 Å². The van der Waals surface area contributed by atoms with Crippen molar-refractivity contribution in [3.05, 3.63) is 41.4 Å². The predicted molar refractivity (Wildman–Crippen MR) is 56.9 cm³/mol. The maximum absolute atomic E-state index is 4.12. The third-order valence-corrected chi connectivity index (χ3v) is 2.73. The monoisotopic (exact) mass is 189 g/mol. The smallest absolute Gasteiger partial charge is 0.0485 e. The Labute approximate surface area is 82.2 Å². The zero-order valence-electron chi connectivity index (χ0n) is 7.53. The van der Waals surface area contributed by atoms with Crippen LogP contribution in [0.25, 0.3) is 11.1 Å². The Hall–Kier alpha value is -1.15. The first kappa shape index (κ1) is 8.45. The number of hydrogen-bond acceptors (Lipinski definition) is 2. The van der Waals surface area contributed by atoms with Crippen molar-refractivity contribution in [1.82, 2.24) is 4.37 Å². The van der Waals surface area contributed by atoms with E-state index >= 15 is 0 Å². The summed E-state index contributed by atoms with van der Waals surface area (Å²) in [6, 6.07) is 8.49. The highest BCUT2D eigenvalue weighted by Gasteiger charge is 2.02. The van der Waals surface area contributed by atoms with Crippen molar-refractivity contribution in [3.8, 4) is 11.1 Å². The Kier molecular flexibility index (Phi) is 2.41. The standard InChI is InChI=1S/C11H11NS/c1-2-9-5-3-4-6-11(9)10-7-12-13-8-10/h3-8H,2H2,1H3. The normalized spacial score (nSPS) is 10.2. The molecule has 0 aliphatic rings. The minimum Gasteiger partial charge on any atom is -0.201 e. The van der Waals surface area contributed by atoms with Crippen molar-refractivity contribution in [2.45, 2.75) is 13.3 Å². The van der Waals surface area contributed by atoms with Gasteiger partial charge in [0.15, 0.2) is 0 Å². The van der Waals surface area contributed by atoms with Crippen LogP contribution in [-0.4, -0.2) is 4.37 Å². The lowest BCUT2D eigenvalue weighted by Gasteiger charge is -2.03. The molecule has 13 heavy (non-hydrogen) atoms. The second kappa shape index (κ2) is 3.71. The predicted octanol–water partition coefficient (Wildman–Crippen LogP) is 3.37. The molecule has 0 atom stereocenters. The quantitative estimate of drug-likeness (QED) is 0.705. The molecule has 1 aromatic heterocycles. The molecule has 0 unspecified atom stereocenters. The second-order valence-corrected chi connectivity index (χ2v) is 3.58. The van der Waals surface area contributed by atoms with E-state index in [1.165, 1.54) is 28.2 Å². The van der Waals surface area contributed by atoms with Crippen molar-refractivity contribution in [2.75, 3.05) is 0 Å². The summed E-state index contributed by atoms with van der Waals surface area (Å²) in [5, 5.41) is 2.09. The lowest BCUT2D eigenvalue weighted by atomic mass is 10.0. The Morgan fingerprint density at radius 2 is 2.15 bits per heavy atom. The maximum atomic E-state index is 4.12. The Morgan fingerprint density at radius 1 is 1.31 bits per heavy atom. The molecular formula is C11H11NS. The first-order valence-corrected chi connectivity index (χ1v) is 5.23. The maximum Gasteiger partial charge on any atom is 0.0485 e. The van der Waals surface area contributed by atoms with E-state index in [1.54, 1.807) is 0 Å². The third kappa shape index (κ3) is 1.63. The summed E-state index contributed by atoms with van der Waals surface area (Å²) < 4.78 is 4.12. The van der Waals surface area contributed by atoms with E-state index in [0.29, 0.717) is 0 Å². The molecule has 0 aliphatic carbocycles. The zero-order chi connectivity index (χ0) is 9.10. The third-order valence-electron chi connectivity index (χ3n) is 2.14. The van der Waals surface area contributed by atoms with Gasteiger partial charge in [0.2, 0.25) is 0 Å². The van der Waals surface area contributed by atoms with Crippen molar-refractivity contribution in [3.63, 3.8) is 0 Å². The number of hydrogen-bond donors (Lipinski definition) is 0. The van der Waals surface area contributed by atoms with Gasteiger partial charge in [-0.1, -0.05) is 31.2 Å². The highest BCUT2D eigenvalue weighted by Crippen LogP contribution is 2.24. The van der Waals surface area contributed by atoms with E-state index in [9.17, 15) is 0 Å². The zero-order valence-corrected chi connectivity index (χ0v) is 8.34. The van der Waals surface area contributed by atoms with Gasteiger partial charge in [0.25, 0.3) is 0 Å². The number of rotatable bonds is 2. The lowest BCUT2D eigenvalue weighted by molar-refractivity contribution is 1.14. The van der Waals surface area contributed by atoms with Gasteiger partial charge in [-0.05, 0) is 29.1 Å². The fraction of sp³-hybridized carbons (Fsp3) is 0.182. The van der Waals surface area contributed by atoms with Gasteiger partial charge >= 0.3 is 0 Å². The van der Waals surface area contributed by atoms with E-state index in [2.05, 4.69) is 40.9 Å². The minimum absolute atomic E-state index is 1.08. The summed E-state index contributed by atoms with van der Waals surface area (Å²) >= 11 is 1.50. The van der Waals surface area contributed by atoms with E-state index in [0.717, 1.165) is 6.42 Å². The molecule has 0 radical (unpaired) electrons. The van der Waals surface area contributed by atoms with Crippen LogP contribution >= 0.6 is 11.5 Å².